The molecule has 12 N–H and O–H groups in total. The van der Waals surface area contributed by atoms with Crippen LogP contribution in [0.2, 0.25) is 0 Å². The molecule has 0 aromatic heterocycles. The van der Waals surface area contributed by atoms with E-state index in [4.69, 9.17) is 47.4 Å². The van der Waals surface area contributed by atoms with Gasteiger partial charge in [-0.3, -0.25) is 0 Å². The predicted octanol–water partition coefficient (Wildman–Crippen LogP) is -3.50. The maximum atomic E-state index is 12.6. The number of cyclic esters (lactones) is 1. The SMILES string of the molecule is CO[C@@H]1[C@@H](O)[C@H](O[C@H]2CC[C@@]3(C)[C@H](CC[C@@H]4[C@@H]3CC[C@]3(C)C(C5=CC(=O)OC5)=CC[C@]43O)C2)O[C@H](C)[C@@H]1O[C@@H]1O[C@H](CO[C@@H]2O[C@H](CO[C@@H]3O[C@H](CO)[C@@H](O)[C@H](O)[C@H]3O)[C@@H](O)[C@H](O)[C@H]2O)[C@@H](O)[C@H](O)[C@H]1O. The zero-order valence-electron chi connectivity index (χ0n) is 40.4. The van der Waals surface area contributed by atoms with E-state index in [1.54, 1.807) is 13.0 Å². The van der Waals surface area contributed by atoms with Crippen LogP contribution < -0.4 is 0 Å². The molecule has 5 heterocycles. The Labute approximate surface area is 410 Å². The van der Waals surface area contributed by atoms with Gasteiger partial charge in [-0.25, -0.2) is 4.79 Å². The Bertz CT molecular complexity index is 1940. The van der Waals surface area contributed by atoms with Crippen molar-refractivity contribution >= 4 is 5.97 Å². The molecule has 0 aromatic carbocycles. The largest absolute Gasteiger partial charge is 0.458 e. The second-order valence-corrected chi connectivity index (χ2v) is 21.8. The van der Waals surface area contributed by atoms with Gasteiger partial charge in [0, 0.05) is 24.2 Å². The van der Waals surface area contributed by atoms with Crippen molar-refractivity contribution < 1.29 is 113 Å². The van der Waals surface area contributed by atoms with Crippen molar-refractivity contribution in [3.8, 4) is 0 Å². The first kappa shape index (κ1) is 53.9. The fraction of sp³-hybridized carbons (Fsp3) is 0.896. The van der Waals surface area contributed by atoms with E-state index in [1.807, 2.05) is 0 Å². The highest BCUT2D eigenvalue weighted by Gasteiger charge is 2.66. The molecule has 9 rings (SSSR count). The third-order valence-corrected chi connectivity index (χ3v) is 18.1. The summed E-state index contributed by atoms with van der Waals surface area (Å²) < 4.78 is 58.0. The molecule has 0 amide bonds. The summed E-state index contributed by atoms with van der Waals surface area (Å²) in [6.07, 6.45) is -21.1. The van der Waals surface area contributed by atoms with Crippen molar-refractivity contribution in [2.75, 3.05) is 33.5 Å². The first-order valence-corrected chi connectivity index (χ1v) is 25.1. The van der Waals surface area contributed by atoms with Crippen LogP contribution in [0.4, 0.5) is 0 Å². The second-order valence-electron chi connectivity index (χ2n) is 21.8. The summed E-state index contributed by atoms with van der Waals surface area (Å²) in [6, 6.07) is 0. The van der Waals surface area contributed by atoms with Crippen LogP contribution in [-0.2, 0) is 52.2 Å². The first-order chi connectivity index (χ1) is 33.6. The van der Waals surface area contributed by atoms with Gasteiger partial charge < -0.3 is 109 Å². The van der Waals surface area contributed by atoms with Crippen molar-refractivity contribution in [1.82, 2.24) is 0 Å². The number of carbonyl (C=O) groups excluding carboxylic acids is 1. The smallest absolute Gasteiger partial charge is 0.331 e. The van der Waals surface area contributed by atoms with E-state index in [0.29, 0.717) is 24.7 Å². The zero-order chi connectivity index (χ0) is 51.1. The number of hydrogen-bond donors (Lipinski definition) is 12. The summed E-state index contributed by atoms with van der Waals surface area (Å²) in [5.74, 6) is 0.342. The molecule has 23 heteroatoms. The lowest BCUT2D eigenvalue weighted by molar-refractivity contribution is -0.368. The van der Waals surface area contributed by atoms with Crippen molar-refractivity contribution in [2.24, 2.45) is 28.6 Å². The molecule has 404 valence electrons. The molecule has 27 atom stereocenters. The summed E-state index contributed by atoms with van der Waals surface area (Å²) in [6.45, 7) is 4.42. The van der Waals surface area contributed by atoms with Gasteiger partial charge in [0.25, 0.3) is 0 Å². The Hall–Kier alpha value is -1.89. The maximum absolute atomic E-state index is 12.6. The van der Waals surface area contributed by atoms with Crippen molar-refractivity contribution in [3.63, 3.8) is 0 Å². The Kier molecular flexibility index (Phi) is 15.9. The summed E-state index contributed by atoms with van der Waals surface area (Å²) in [4.78, 5) is 12.0. The normalized spacial score (nSPS) is 53.3. The third-order valence-electron chi connectivity index (χ3n) is 18.1. The number of methoxy groups -OCH3 is 1. The lowest BCUT2D eigenvalue weighted by atomic mass is 9.43. The number of aliphatic hydroxyl groups excluding tert-OH is 11. The van der Waals surface area contributed by atoms with E-state index in [0.717, 1.165) is 49.7 Å². The fourth-order valence-electron chi connectivity index (χ4n) is 13.7. The van der Waals surface area contributed by atoms with Crippen LogP contribution in [0.25, 0.3) is 0 Å². The molecule has 0 bridgehead atoms. The molecule has 23 nitrogen and oxygen atoms in total. The van der Waals surface area contributed by atoms with E-state index in [2.05, 4.69) is 19.9 Å². The van der Waals surface area contributed by atoms with Crippen LogP contribution in [0.5, 0.6) is 0 Å². The summed E-state index contributed by atoms with van der Waals surface area (Å²) in [5.41, 5.74) is 0.467. The Morgan fingerprint density at radius 3 is 1.82 bits per heavy atom. The van der Waals surface area contributed by atoms with Crippen LogP contribution in [-0.4, -0.2) is 235 Å². The lowest BCUT2D eigenvalue weighted by Crippen LogP contribution is -2.65. The molecule has 7 fully saturated rings. The number of esters is 1. The van der Waals surface area contributed by atoms with E-state index < -0.39 is 154 Å². The Balaban J connectivity index is 0.786. The molecule has 3 saturated carbocycles. The molecular formula is C48H74O23. The van der Waals surface area contributed by atoms with Crippen LogP contribution in [0.1, 0.15) is 72.1 Å². The van der Waals surface area contributed by atoms with Crippen molar-refractivity contribution in [2.45, 2.75) is 207 Å². The van der Waals surface area contributed by atoms with Gasteiger partial charge in [0.1, 0.15) is 98.2 Å². The monoisotopic (exact) mass is 1020 g/mol. The molecule has 0 aromatic rings. The molecule has 0 radical (unpaired) electrons. The van der Waals surface area contributed by atoms with Gasteiger partial charge in [0.2, 0.25) is 0 Å². The van der Waals surface area contributed by atoms with Crippen LogP contribution in [0.3, 0.4) is 0 Å². The zero-order valence-corrected chi connectivity index (χ0v) is 40.4. The van der Waals surface area contributed by atoms with Crippen LogP contribution in [0, 0.1) is 28.6 Å². The number of hydrogen-bond acceptors (Lipinski definition) is 23. The van der Waals surface area contributed by atoms with Crippen molar-refractivity contribution in [3.05, 3.63) is 23.3 Å². The van der Waals surface area contributed by atoms with Crippen molar-refractivity contribution in [1.29, 1.82) is 0 Å². The van der Waals surface area contributed by atoms with E-state index in [9.17, 15) is 66.1 Å². The molecule has 4 aliphatic carbocycles. The molecule has 5 aliphatic heterocycles. The molecular weight excluding hydrogens is 945 g/mol. The third kappa shape index (κ3) is 9.49. The predicted molar refractivity (Wildman–Crippen MR) is 236 cm³/mol. The Morgan fingerprint density at radius 2 is 1.23 bits per heavy atom. The number of fused-ring (bicyclic) bond motifs is 5. The molecule has 9 aliphatic rings. The number of carbonyl (C=O) groups is 1. The summed E-state index contributed by atoms with van der Waals surface area (Å²) >= 11 is 0. The highest BCUT2D eigenvalue weighted by Crippen LogP contribution is 2.68. The standard InChI is InChI=1S/C48H74O23/c1-19-40(71-44-38(59)35(56)32(53)28(70-44)18-65-43-37(58)34(55)31(52)27(69-43)17-64-42-36(57)33(54)30(51)26(15-49)68-42)41(62-4)39(60)45(66-19)67-22-7-10-46(2)21(14-22)5-6-25-24(46)8-11-47(3)23(9-12-48(25,47)61)20-13-29(50)63-16-20/h9,13,19,21-22,24-28,30-45,49,51-61H,5-8,10-12,14-18H2,1-4H3/t19-,21-,22+,24+,25-,26-,27-,28-,30-,31-,32-,33+,34+,35+,36-,37-,38-,39-,40+,41-,42-,43-,44+,45+,46+,47-,48+/m1/s1. The fourth-order valence-corrected chi connectivity index (χ4v) is 13.7. The lowest BCUT2D eigenvalue weighted by Gasteiger charge is -2.63. The van der Waals surface area contributed by atoms with Gasteiger partial charge in [-0.1, -0.05) is 19.9 Å². The van der Waals surface area contributed by atoms with Crippen LogP contribution in [0.15, 0.2) is 23.3 Å². The highest BCUT2D eigenvalue weighted by atomic mass is 16.8. The van der Waals surface area contributed by atoms with Gasteiger partial charge in [-0.2, -0.15) is 0 Å². The van der Waals surface area contributed by atoms with Gasteiger partial charge in [-0.15, -0.1) is 0 Å². The molecule has 71 heavy (non-hydrogen) atoms. The second kappa shape index (κ2) is 20.9. The topological polar surface area (TPSA) is 352 Å². The quantitative estimate of drug-likeness (QED) is 0.0629. The van der Waals surface area contributed by atoms with Crippen LogP contribution >= 0.6 is 0 Å². The average Bonchev–Trinajstić information content (AvgIpc) is 3.90. The van der Waals surface area contributed by atoms with E-state index >= 15 is 0 Å². The number of rotatable bonds is 13. The average molecular weight is 1020 g/mol. The molecule has 4 saturated heterocycles. The highest BCUT2D eigenvalue weighted by molar-refractivity contribution is 5.86. The van der Waals surface area contributed by atoms with Gasteiger partial charge in [-0.05, 0) is 87.0 Å². The summed E-state index contributed by atoms with van der Waals surface area (Å²) in [5, 5.41) is 129. The van der Waals surface area contributed by atoms with E-state index in [1.165, 1.54) is 7.11 Å². The minimum absolute atomic E-state index is 0.0476. The van der Waals surface area contributed by atoms with Gasteiger partial charge >= 0.3 is 5.97 Å². The van der Waals surface area contributed by atoms with Gasteiger partial charge in [0.15, 0.2) is 25.2 Å². The minimum atomic E-state index is -1.87. The van der Waals surface area contributed by atoms with Gasteiger partial charge in [0.05, 0.1) is 37.6 Å². The molecule has 0 unspecified atom stereocenters. The Morgan fingerprint density at radius 1 is 0.648 bits per heavy atom. The summed E-state index contributed by atoms with van der Waals surface area (Å²) in [7, 11) is 1.37. The minimum Gasteiger partial charge on any atom is -0.458 e. The molecule has 0 spiro atoms. The number of ether oxygens (including phenoxy) is 10. The number of aliphatic hydroxyl groups is 12. The maximum Gasteiger partial charge on any atom is 0.331 e. The first-order valence-electron chi connectivity index (χ1n) is 25.1. The van der Waals surface area contributed by atoms with E-state index in [-0.39, 0.29) is 30.0 Å².